The fourth-order valence-corrected chi connectivity index (χ4v) is 3.32. The minimum atomic E-state index is -3.77. The molecule has 0 aliphatic heterocycles. The fourth-order valence-electron chi connectivity index (χ4n) is 2.26. The minimum absolute atomic E-state index is 0.0249. The summed E-state index contributed by atoms with van der Waals surface area (Å²) in [6, 6.07) is 13.8. The van der Waals surface area contributed by atoms with Crippen molar-refractivity contribution in [2.24, 2.45) is 0 Å². The van der Waals surface area contributed by atoms with E-state index in [0.29, 0.717) is 5.69 Å². The van der Waals surface area contributed by atoms with E-state index in [1.54, 1.807) is 24.3 Å². The summed E-state index contributed by atoms with van der Waals surface area (Å²) >= 11 is 0. The number of anilines is 2. The number of carbonyl (C=O) groups is 1. The number of aromatic amines is 1. The van der Waals surface area contributed by atoms with Crippen LogP contribution in [0.4, 0.5) is 11.5 Å². The number of sulfonamides is 1. The average Bonchev–Trinajstić information content (AvgIpc) is 2.63. The molecule has 0 bridgehead atoms. The molecule has 0 radical (unpaired) electrons. The third-order valence-corrected chi connectivity index (χ3v) is 5.05. The van der Waals surface area contributed by atoms with Gasteiger partial charge in [0, 0.05) is 17.4 Å². The molecule has 3 aromatic rings. The van der Waals surface area contributed by atoms with E-state index in [9.17, 15) is 18.0 Å². The van der Waals surface area contributed by atoms with E-state index in [4.69, 9.17) is 0 Å². The molecule has 9 heteroatoms. The van der Waals surface area contributed by atoms with Crippen LogP contribution in [0.25, 0.3) is 0 Å². The quantitative estimate of drug-likeness (QED) is 0.622. The second-order valence-electron chi connectivity index (χ2n) is 5.74. The lowest BCUT2D eigenvalue weighted by molar-refractivity contribution is 0.102. The maximum absolute atomic E-state index is 12.4. The van der Waals surface area contributed by atoms with Crippen molar-refractivity contribution in [1.29, 1.82) is 0 Å². The summed E-state index contributed by atoms with van der Waals surface area (Å²) in [7, 11) is -3.77. The number of hydrogen-bond acceptors (Lipinski definition) is 5. The Labute approximate surface area is 155 Å². The zero-order chi connectivity index (χ0) is 19.4. The number of hydrogen-bond donors (Lipinski definition) is 3. The topological polar surface area (TPSA) is 121 Å². The number of benzene rings is 2. The molecule has 0 aliphatic carbocycles. The van der Waals surface area contributed by atoms with Crippen LogP contribution in [0.1, 0.15) is 15.9 Å². The highest BCUT2D eigenvalue weighted by atomic mass is 32.2. The molecule has 0 fully saturated rings. The van der Waals surface area contributed by atoms with E-state index in [1.165, 1.54) is 36.5 Å². The van der Waals surface area contributed by atoms with E-state index in [2.05, 4.69) is 20.0 Å². The van der Waals surface area contributed by atoms with Gasteiger partial charge in [0.15, 0.2) is 0 Å². The summed E-state index contributed by atoms with van der Waals surface area (Å²) in [6.45, 7) is 1.91. The van der Waals surface area contributed by atoms with E-state index in [1.807, 2.05) is 6.92 Å². The van der Waals surface area contributed by atoms with E-state index < -0.39 is 21.6 Å². The molecule has 2 aromatic carbocycles. The zero-order valence-electron chi connectivity index (χ0n) is 14.3. The molecule has 138 valence electrons. The van der Waals surface area contributed by atoms with E-state index in [-0.39, 0.29) is 16.3 Å². The van der Waals surface area contributed by atoms with Gasteiger partial charge in [0.05, 0.1) is 4.90 Å². The van der Waals surface area contributed by atoms with Crippen LogP contribution < -0.4 is 15.7 Å². The first-order chi connectivity index (χ1) is 12.8. The van der Waals surface area contributed by atoms with Crippen LogP contribution in [-0.2, 0) is 10.0 Å². The molecule has 3 N–H and O–H groups in total. The third-order valence-electron chi connectivity index (χ3n) is 3.65. The maximum atomic E-state index is 12.4. The smallest absolute Gasteiger partial charge is 0.308 e. The molecular weight excluding hydrogens is 368 g/mol. The summed E-state index contributed by atoms with van der Waals surface area (Å²) in [5.74, 6) is -0.301. The predicted octanol–water partition coefficient (Wildman–Crippen LogP) is 2.13. The van der Waals surface area contributed by atoms with Gasteiger partial charge in [0.2, 0.25) is 0 Å². The number of nitrogens with one attached hydrogen (secondary N) is 3. The summed E-state index contributed by atoms with van der Waals surface area (Å²) in [4.78, 5) is 29.2. The number of aryl methyl sites for hydroxylation is 1. The molecule has 0 aliphatic rings. The van der Waals surface area contributed by atoms with Crippen LogP contribution in [0, 0.1) is 6.92 Å². The molecule has 0 saturated heterocycles. The van der Waals surface area contributed by atoms with Crippen LogP contribution >= 0.6 is 0 Å². The van der Waals surface area contributed by atoms with Gasteiger partial charge < -0.3 is 5.32 Å². The van der Waals surface area contributed by atoms with Gasteiger partial charge in [-0.25, -0.2) is 18.2 Å². The van der Waals surface area contributed by atoms with Gasteiger partial charge in [0.25, 0.3) is 15.9 Å². The van der Waals surface area contributed by atoms with Gasteiger partial charge in [-0.15, -0.1) is 0 Å². The van der Waals surface area contributed by atoms with Gasteiger partial charge >= 0.3 is 5.69 Å². The fraction of sp³-hybridized carbons (Fsp3) is 0.0556. The Hall–Kier alpha value is -3.46. The largest absolute Gasteiger partial charge is 0.346 e. The molecule has 0 saturated carbocycles. The van der Waals surface area contributed by atoms with Crippen molar-refractivity contribution in [3.63, 3.8) is 0 Å². The second kappa shape index (κ2) is 7.42. The molecule has 1 amide bonds. The van der Waals surface area contributed by atoms with Gasteiger partial charge in [-0.05, 0) is 49.4 Å². The number of nitrogens with zero attached hydrogens (tertiary/aromatic N) is 1. The normalized spacial score (nSPS) is 11.0. The van der Waals surface area contributed by atoms with E-state index >= 15 is 0 Å². The highest BCUT2D eigenvalue weighted by Crippen LogP contribution is 2.17. The zero-order valence-corrected chi connectivity index (χ0v) is 15.1. The number of H-pyrrole nitrogens is 1. The summed E-state index contributed by atoms with van der Waals surface area (Å²) < 4.78 is 27.4. The molecule has 27 heavy (non-hydrogen) atoms. The molecule has 8 nitrogen and oxygen atoms in total. The first-order valence-electron chi connectivity index (χ1n) is 7.90. The summed E-state index contributed by atoms with van der Waals surface area (Å²) in [6.07, 6.45) is 1.26. The number of aromatic nitrogens is 2. The second-order valence-corrected chi connectivity index (χ2v) is 7.42. The average molecular weight is 384 g/mol. The van der Waals surface area contributed by atoms with Crippen molar-refractivity contribution in [2.75, 3.05) is 10.0 Å². The lowest BCUT2D eigenvalue weighted by Crippen LogP contribution is -2.18. The van der Waals surface area contributed by atoms with Gasteiger partial charge in [0.1, 0.15) is 5.82 Å². The lowest BCUT2D eigenvalue weighted by Gasteiger charge is -2.09. The van der Waals surface area contributed by atoms with Gasteiger partial charge in [-0.1, -0.05) is 17.7 Å². The molecule has 3 rings (SSSR count). The molecule has 1 heterocycles. The summed E-state index contributed by atoms with van der Waals surface area (Å²) in [5, 5.41) is 2.50. The third kappa shape index (κ3) is 4.59. The molecule has 0 unspecified atom stereocenters. The standard InChI is InChI=1S/C18H16N4O4S/c1-12-2-6-14(7-3-12)22-27(25,26)15-8-4-13(5-9-15)17(23)20-16-10-11-19-18(24)21-16/h2-11,22H,1H3,(H2,19,20,21,23,24). The molecule has 1 aromatic heterocycles. The Kier molecular flexibility index (Phi) is 5.04. The first-order valence-corrected chi connectivity index (χ1v) is 9.38. The summed E-state index contributed by atoms with van der Waals surface area (Å²) in [5.41, 5.74) is 1.12. The highest BCUT2D eigenvalue weighted by molar-refractivity contribution is 7.92. The van der Waals surface area contributed by atoms with Gasteiger partial charge in [-0.2, -0.15) is 0 Å². The SMILES string of the molecule is Cc1ccc(NS(=O)(=O)c2ccc(C(=O)Nc3ccnc(=O)[nH]3)cc2)cc1. The number of amides is 1. The monoisotopic (exact) mass is 384 g/mol. The van der Waals surface area contributed by atoms with E-state index in [0.717, 1.165) is 5.56 Å². The van der Waals surface area contributed by atoms with Gasteiger partial charge in [-0.3, -0.25) is 14.5 Å². The Balaban J connectivity index is 1.74. The Bertz CT molecular complexity index is 1120. The lowest BCUT2D eigenvalue weighted by atomic mass is 10.2. The Morgan fingerprint density at radius 1 is 1.00 bits per heavy atom. The van der Waals surface area contributed by atoms with Crippen molar-refractivity contribution in [1.82, 2.24) is 9.97 Å². The van der Waals surface area contributed by atoms with Crippen LogP contribution in [0.5, 0.6) is 0 Å². The molecule has 0 spiro atoms. The van der Waals surface area contributed by atoms with Crippen LogP contribution in [0.3, 0.4) is 0 Å². The highest BCUT2D eigenvalue weighted by Gasteiger charge is 2.15. The van der Waals surface area contributed by atoms with Crippen LogP contribution in [0.15, 0.2) is 70.5 Å². The van der Waals surface area contributed by atoms with Crippen LogP contribution in [0.2, 0.25) is 0 Å². The Morgan fingerprint density at radius 2 is 1.67 bits per heavy atom. The van der Waals surface area contributed by atoms with Crippen molar-refractivity contribution in [3.05, 3.63) is 82.4 Å². The van der Waals surface area contributed by atoms with Crippen molar-refractivity contribution in [2.45, 2.75) is 11.8 Å². The van der Waals surface area contributed by atoms with Crippen molar-refractivity contribution in [3.8, 4) is 0 Å². The molecular formula is C18H16N4O4S. The number of carbonyl (C=O) groups excluding carboxylic acids is 1. The first kappa shape index (κ1) is 18.3. The van der Waals surface area contributed by atoms with Crippen molar-refractivity contribution < 1.29 is 13.2 Å². The van der Waals surface area contributed by atoms with Crippen LogP contribution in [-0.4, -0.2) is 24.3 Å². The Morgan fingerprint density at radius 3 is 2.30 bits per heavy atom. The molecule has 0 atom stereocenters. The minimum Gasteiger partial charge on any atom is -0.308 e. The number of rotatable bonds is 5. The maximum Gasteiger partial charge on any atom is 0.346 e. The van der Waals surface area contributed by atoms with Crippen molar-refractivity contribution >= 4 is 27.4 Å². The predicted molar refractivity (Wildman–Crippen MR) is 101 cm³/mol.